The van der Waals surface area contributed by atoms with Gasteiger partial charge in [0, 0.05) is 23.2 Å². The van der Waals surface area contributed by atoms with Gasteiger partial charge in [-0.15, -0.1) is 24.9 Å². The molecule has 0 aromatic heterocycles. The predicted molar refractivity (Wildman–Crippen MR) is 162 cm³/mol. The Morgan fingerprint density at radius 3 is 2.65 bits per heavy atom. The number of aliphatic hydroxyl groups is 1. The maximum Gasteiger partial charge on any atom is 0.310 e. The molecule has 0 aliphatic carbocycles. The average molecular weight is 634 g/mol. The summed E-state index contributed by atoms with van der Waals surface area (Å²) in [6.45, 7) is 10.6. The minimum atomic E-state index is -0.822. The molecule has 0 radical (unpaired) electrons. The summed E-state index contributed by atoms with van der Waals surface area (Å²) in [5, 5.41) is 10.5. The van der Waals surface area contributed by atoms with E-state index in [0.29, 0.717) is 25.9 Å². The second kappa shape index (κ2) is 13.7. The largest absolute Gasteiger partial charge is 0.465 e. The van der Waals surface area contributed by atoms with Crippen LogP contribution in [0, 0.1) is 11.8 Å². The van der Waals surface area contributed by atoms with Gasteiger partial charge in [-0.05, 0) is 31.2 Å². The molecular formula is C31H41BrN2O5S. The molecule has 1 spiro atoms. The fourth-order valence-electron chi connectivity index (χ4n) is 6.65. The quantitative estimate of drug-likeness (QED) is 0.128. The summed E-state index contributed by atoms with van der Waals surface area (Å²) in [6.07, 6.45) is 8.36. The second-order valence-corrected chi connectivity index (χ2v) is 13.6. The number of thioether (sulfide) groups is 1. The lowest BCUT2D eigenvalue weighted by Gasteiger charge is -2.40. The molecule has 2 amide bonds. The van der Waals surface area contributed by atoms with E-state index in [4.69, 9.17) is 4.74 Å². The number of carbonyl (C=O) groups excluding carboxylic acids is 3. The number of ether oxygens (including phenoxy) is 1. The van der Waals surface area contributed by atoms with E-state index in [1.54, 1.807) is 33.7 Å². The van der Waals surface area contributed by atoms with Crippen LogP contribution in [-0.4, -0.2) is 79.9 Å². The maximum atomic E-state index is 14.5. The van der Waals surface area contributed by atoms with Crippen molar-refractivity contribution in [2.45, 2.75) is 72.4 Å². The van der Waals surface area contributed by atoms with Gasteiger partial charge in [0.1, 0.15) is 6.04 Å². The molecule has 3 saturated heterocycles. The van der Waals surface area contributed by atoms with E-state index in [-0.39, 0.29) is 41.1 Å². The first kappa shape index (κ1) is 30.8. The lowest BCUT2D eigenvalue weighted by molar-refractivity contribution is -0.154. The van der Waals surface area contributed by atoms with E-state index in [0.717, 1.165) is 31.2 Å². The van der Waals surface area contributed by atoms with Crippen LogP contribution in [0.2, 0.25) is 0 Å². The average Bonchev–Trinajstić information content (AvgIpc) is 3.55. The first-order chi connectivity index (χ1) is 19.4. The van der Waals surface area contributed by atoms with Gasteiger partial charge >= 0.3 is 5.97 Å². The first-order valence-corrected chi connectivity index (χ1v) is 16.1. The maximum absolute atomic E-state index is 14.5. The van der Waals surface area contributed by atoms with Gasteiger partial charge in [0.2, 0.25) is 11.8 Å². The molecule has 0 saturated carbocycles. The normalized spacial score (nSPS) is 29.2. The summed E-state index contributed by atoms with van der Waals surface area (Å²) >= 11 is 5.39. The standard InChI is InChI=1S/C31H41BrN2O5S/c1-4-7-12-17-33(16-6-3)29(37)27-31-19-22(32)26(40-31)24(30(38)39-18-13-8-5-2)25(31)28(36)34(27)23(20-35)21-14-10-9-11-15-21/h5-6,9-11,14-15,22-27,35H,2-4,7-8,12-13,16-20H2,1H3/t22?,23-,24-,25+,26-,27?,31?/m1/s1. The highest BCUT2D eigenvalue weighted by Gasteiger charge is 2.76. The molecule has 9 heteroatoms. The van der Waals surface area contributed by atoms with Crippen LogP contribution in [0.25, 0.3) is 0 Å². The van der Waals surface area contributed by atoms with Crippen LogP contribution in [-0.2, 0) is 19.1 Å². The molecule has 7 atom stereocenters. The lowest BCUT2D eigenvalue weighted by Crippen LogP contribution is -2.56. The molecule has 3 heterocycles. The van der Waals surface area contributed by atoms with Crippen molar-refractivity contribution in [2.75, 3.05) is 26.3 Å². The van der Waals surface area contributed by atoms with E-state index in [9.17, 15) is 19.5 Å². The highest BCUT2D eigenvalue weighted by molar-refractivity contribution is 9.09. The molecule has 1 N–H and O–H groups in total. The molecule has 2 bridgehead atoms. The topological polar surface area (TPSA) is 87.2 Å². The van der Waals surface area contributed by atoms with Gasteiger partial charge in [0.05, 0.1) is 35.8 Å². The third-order valence-electron chi connectivity index (χ3n) is 8.42. The van der Waals surface area contributed by atoms with E-state index in [1.165, 1.54) is 0 Å². The number of hydrogen-bond acceptors (Lipinski definition) is 6. The van der Waals surface area contributed by atoms with Crippen molar-refractivity contribution < 1.29 is 24.2 Å². The molecule has 3 aliphatic rings. The molecule has 3 aliphatic heterocycles. The number of esters is 1. The van der Waals surface area contributed by atoms with Crippen molar-refractivity contribution in [2.24, 2.45) is 11.8 Å². The van der Waals surface area contributed by atoms with Crippen LogP contribution in [0.15, 0.2) is 55.6 Å². The Morgan fingerprint density at radius 1 is 1.25 bits per heavy atom. The third kappa shape index (κ3) is 5.66. The Labute approximate surface area is 250 Å². The summed E-state index contributed by atoms with van der Waals surface area (Å²) in [5.74, 6) is -2.14. The number of allylic oxidation sites excluding steroid dienone is 1. The molecule has 1 aromatic carbocycles. The molecule has 1 aromatic rings. The highest BCUT2D eigenvalue weighted by atomic mass is 79.9. The second-order valence-electron chi connectivity index (χ2n) is 10.9. The third-order valence-corrected chi connectivity index (χ3v) is 11.6. The molecule has 7 nitrogen and oxygen atoms in total. The fourth-order valence-corrected chi connectivity index (χ4v) is 10.2. The van der Waals surface area contributed by atoms with Gasteiger partial charge in [-0.3, -0.25) is 14.4 Å². The molecule has 4 rings (SSSR count). The van der Waals surface area contributed by atoms with Gasteiger partial charge in [0.25, 0.3) is 0 Å². The number of aliphatic hydroxyl groups excluding tert-OH is 1. The van der Waals surface area contributed by atoms with Gasteiger partial charge in [-0.1, -0.05) is 78.2 Å². The van der Waals surface area contributed by atoms with E-state index in [2.05, 4.69) is 36.0 Å². The zero-order valence-corrected chi connectivity index (χ0v) is 25.7. The molecular weight excluding hydrogens is 592 g/mol. The summed E-state index contributed by atoms with van der Waals surface area (Å²) < 4.78 is 4.89. The van der Waals surface area contributed by atoms with Gasteiger partial charge in [-0.2, -0.15) is 0 Å². The van der Waals surface area contributed by atoms with Gasteiger partial charge in [0.15, 0.2) is 0 Å². The minimum Gasteiger partial charge on any atom is -0.465 e. The Kier molecular flexibility index (Phi) is 10.6. The van der Waals surface area contributed by atoms with Gasteiger partial charge < -0.3 is 19.6 Å². The Hall–Kier alpha value is -2.10. The Balaban J connectivity index is 1.76. The minimum absolute atomic E-state index is 0.0419. The first-order valence-electron chi connectivity index (χ1n) is 14.3. The summed E-state index contributed by atoms with van der Waals surface area (Å²) in [6, 6.07) is 7.81. The van der Waals surface area contributed by atoms with Crippen LogP contribution >= 0.6 is 27.7 Å². The number of benzene rings is 1. The molecule has 3 fully saturated rings. The van der Waals surface area contributed by atoms with Crippen molar-refractivity contribution >= 4 is 45.5 Å². The van der Waals surface area contributed by atoms with Crippen LogP contribution in [0.3, 0.4) is 0 Å². The van der Waals surface area contributed by atoms with Crippen molar-refractivity contribution in [1.82, 2.24) is 9.80 Å². The van der Waals surface area contributed by atoms with Crippen molar-refractivity contribution in [3.63, 3.8) is 0 Å². The molecule has 218 valence electrons. The SMILES string of the molecule is C=CCCCOC(=O)[C@H]1[C@@H]2SC3(CC2Br)C(C(=O)N(CC=C)CCCCC)N([C@H](CO)c2ccccc2)C(=O)[C@H]13. The number of carbonyl (C=O) groups is 3. The van der Waals surface area contributed by atoms with E-state index < -0.39 is 28.7 Å². The van der Waals surface area contributed by atoms with Crippen molar-refractivity contribution in [3.05, 3.63) is 61.2 Å². The van der Waals surface area contributed by atoms with Crippen molar-refractivity contribution in [3.8, 4) is 0 Å². The van der Waals surface area contributed by atoms with Crippen LogP contribution in [0.4, 0.5) is 0 Å². The summed E-state index contributed by atoms with van der Waals surface area (Å²) in [5.41, 5.74) is 0.757. The number of nitrogens with zero attached hydrogens (tertiary/aromatic N) is 2. The summed E-state index contributed by atoms with van der Waals surface area (Å²) in [4.78, 5) is 45.9. The number of likely N-dealkylation sites (tertiary alicyclic amines) is 1. The number of fused-ring (bicyclic) bond motifs is 1. The zero-order chi connectivity index (χ0) is 28.9. The van der Waals surface area contributed by atoms with Crippen LogP contribution in [0.5, 0.6) is 0 Å². The molecule has 3 unspecified atom stereocenters. The lowest BCUT2D eigenvalue weighted by atomic mass is 9.71. The number of hydrogen-bond donors (Lipinski definition) is 1. The van der Waals surface area contributed by atoms with Gasteiger partial charge in [-0.25, -0.2) is 0 Å². The number of rotatable bonds is 15. The van der Waals surface area contributed by atoms with Crippen molar-refractivity contribution in [1.29, 1.82) is 0 Å². The molecule has 40 heavy (non-hydrogen) atoms. The zero-order valence-electron chi connectivity index (χ0n) is 23.3. The smallest absolute Gasteiger partial charge is 0.310 e. The number of amides is 2. The van der Waals surface area contributed by atoms with E-state index in [1.807, 2.05) is 30.3 Å². The Bertz CT molecular complexity index is 1090. The van der Waals surface area contributed by atoms with Crippen LogP contribution in [0.1, 0.15) is 57.1 Å². The predicted octanol–water partition coefficient (Wildman–Crippen LogP) is 4.90. The Morgan fingerprint density at radius 2 is 2.00 bits per heavy atom. The highest BCUT2D eigenvalue weighted by Crippen LogP contribution is 2.68. The number of unbranched alkanes of at least 4 members (excludes halogenated alkanes) is 3. The number of alkyl halides is 1. The number of halogens is 1. The van der Waals surface area contributed by atoms with Crippen LogP contribution < -0.4 is 0 Å². The monoisotopic (exact) mass is 632 g/mol. The van der Waals surface area contributed by atoms with E-state index >= 15 is 0 Å². The summed E-state index contributed by atoms with van der Waals surface area (Å²) in [7, 11) is 0. The fraction of sp³-hybridized carbons (Fsp3) is 0.581.